The lowest BCUT2D eigenvalue weighted by atomic mass is 10.2. The first-order chi connectivity index (χ1) is 10.0. The number of benzene rings is 1. The van der Waals surface area contributed by atoms with E-state index in [0.717, 1.165) is 12.2 Å². The predicted octanol–water partition coefficient (Wildman–Crippen LogP) is 2.11. The SMILES string of the molecule is CCCOc1ccc(N2C(=O)CC(NC(C)C)C2=O)cc1. The van der Waals surface area contributed by atoms with Crippen molar-refractivity contribution in [3.8, 4) is 5.75 Å². The quantitative estimate of drug-likeness (QED) is 0.815. The van der Waals surface area contributed by atoms with Gasteiger partial charge in [0.15, 0.2) is 0 Å². The van der Waals surface area contributed by atoms with Crippen LogP contribution in [-0.2, 0) is 9.59 Å². The van der Waals surface area contributed by atoms with E-state index in [1.807, 2.05) is 20.8 Å². The highest BCUT2D eigenvalue weighted by Crippen LogP contribution is 2.25. The van der Waals surface area contributed by atoms with Crippen LogP contribution in [0, 0.1) is 0 Å². The van der Waals surface area contributed by atoms with Crippen LogP contribution in [0.3, 0.4) is 0 Å². The summed E-state index contributed by atoms with van der Waals surface area (Å²) in [7, 11) is 0. The zero-order valence-electron chi connectivity index (χ0n) is 12.8. The van der Waals surface area contributed by atoms with Crippen molar-refractivity contribution in [1.29, 1.82) is 0 Å². The zero-order chi connectivity index (χ0) is 15.4. The minimum Gasteiger partial charge on any atom is -0.494 e. The van der Waals surface area contributed by atoms with Crippen molar-refractivity contribution >= 4 is 17.5 Å². The van der Waals surface area contributed by atoms with Crippen molar-refractivity contribution in [2.75, 3.05) is 11.5 Å². The normalized spacial score (nSPS) is 18.7. The number of rotatable bonds is 6. The third-order valence-corrected chi connectivity index (χ3v) is 3.25. The van der Waals surface area contributed by atoms with E-state index in [1.54, 1.807) is 24.3 Å². The monoisotopic (exact) mass is 290 g/mol. The topological polar surface area (TPSA) is 58.6 Å². The molecule has 2 rings (SSSR count). The Bertz CT molecular complexity index is 511. The predicted molar refractivity (Wildman–Crippen MR) is 81.4 cm³/mol. The Morgan fingerprint density at radius 1 is 1.29 bits per heavy atom. The standard InChI is InChI=1S/C16H22N2O3/c1-4-9-21-13-7-5-12(6-8-13)18-15(19)10-14(16(18)20)17-11(2)3/h5-8,11,14,17H,4,9-10H2,1-3H3. The minimum absolute atomic E-state index is 0.163. The second kappa shape index (κ2) is 6.72. The van der Waals surface area contributed by atoms with Crippen LogP contribution in [0.1, 0.15) is 33.6 Å². The van der Waals surface area contributed by atoms with Crippen LogP contribution in [0.25, 0.3) is 0 Å². The molecule has 1 atom stereocenters. The number of ether oxygens (including phenoxy) is 1. The molecule has 0 spiro atoms. The van der Waals surface area contributed by atoms with E-state index in [0.29, 0.717) is 12.3 Å². The Labute approximate surface area is 125 Å². The molecular formula is C16H22N2O3. The molecule has 0 radical (unpaired) electrons. The van der Waals surface area contributed by atoms with Crippen LogP contribution in [0.4, 0.5) is 5.69 Å². The number of carbonyl (C=O) groups is 2. The average molecular weight is 290 g/mol. The molecule has 0 saturated carbocycles. The van der Waals surface area contributed by atoms with E-state index >= 15 is 0 Å². The number of nitrogens with zero attached hydrogens (tertiary/aromatic N) is 1. The highest BCUT2D eigenvalue weighted by molar-refractivity contribution is 6.22. The molecule has 21 heavy (non-hydrogen) atoms. The third-order valence-electron chi connectivity index (χ3n) is 3.25. The van der Waals surface area contributed by atoms with Gasteiger partial charge in [0.25, 0.3) is 5.91 Å². The average Bonchev–Trinajstić information content (AvgIpc) is 2.71. The molecule has 0 aromatic heterocycles. The summed E-state index contributed by atoms with van der Waals surface area (Å²) in [5.74, 6) is 0.396. The van der Waals surface area contributed by atoms with Crippen molar-refractivity contribution in [2.24, 2.45) is 0 Å². The first-order valence-corrected chi connectivity index (χ1v) is 7.38. The van der Waals surface area contributed by atoms with Gasteiger partial charge in [0.2, 0.25) is 5.91 Å². The maximum Gasteiger partial charge on any atom is 0.251 e. The molecule has 1 heterocycles. The lowest BCUT2D eigenvalue weighted by molar-refractivity contribution is -0.121. The van der Waals surface area contributed by atoms with Crippen molar-refractivity contribution in [2.45, 2.75) is 45.7 Å². The number of nitrogens with one attached hydrogen (secondary N) is 1. The van der Waals surface area contributed by atoms with Crippen molar-refractivity contribution < 1.29 is 14.3 Å². The largest absolute Gasteiger partial charge is 0.494 e. The summed E-state index contributed by atoms with van der Waals surface area (Å²) in [4.78, 5) is 25.6. The molecule has 1 unspecified atom stereocenters. The molecule has 1 aliphatic rings. The maximum atomic E-state index is 12.3. The third kappa shape index (κ3) is 3.61. The van der Waals surface area contributed by atoms with E-state index < -0.39 is 6.04 Å². The Hall–Kier alpha value is -1.88. The molecule has 114 valence electrons. The molecule has 0 aliphatic carbocycles. The van der Waals surface area contributed by atoms with E-state index in [2.05, 4.69) is 5.32 Å². The fraction of sp³-hybridized carbons (Fsp3) is 0.500. The van der Waals surface area contributed by atoms with Crippen molar-refractivity contribution in [1.82, 2.24) is 5.32 Å². The molecule has 1 fully saturated rings. The van der Waals surface area contributed by atoms with Crippen LogP contribution in [0.2, 0.25) is 0 Å². The Morgan fingerprint density at radius 2 is 1.95 bits per heavy atom. The molecule has 1 aromatic rings. The van der Waals surface area contributed by atoms with Gasteiger partial charge < -0.3 is 10.1 Å². The minimum atomic E-state index is -0.423. The smallest absolute Gasteiger partial charge is 0.251 e. The van der Waals surface area contributed by atoms with Crippen LogP contribution in [-0.4, -0.2) is 30.5 Å². The highest BCUT2D eigenvalue weighted by Gasteiger charge is 2.39. The van der Waals surface area contributed by atoms with Gasteiger partial charge in [-0.25, -0.2) is 4.90 Å². The van der Waals surface area contributed by atoms with Gasteiger partial charge in [-0.2, -0.15) is 0 Å². The van der Waals surface area contributed by atoms with E-state index in [1.165, 1.54) is 4.90 Å². The Balaban J connectivity index is 2.10. The number of hydrogen-bond acceptors (Lipinski definition) is 4. The highest BCUT2D eigenvalue weighted by atomic mass is 16.5. The number of anilines is 1. The summed E-state index contributed by atoms with van der Waals surface area (Å²) in [6.45, 7) is 6.61. The number of imide groups is 1. The number of hydrogen-bond donors (Lipinski definition) is 1. The van der Waals surface area contributed by atoms with Gasteiger partial charge in [-0.1, -0.05) is 20.8 Å². The van der Waals surface area contributed by atoms with Gasteiger partial charge in [0.1, 0.15) is 5.75 Å². The van der Waals surface area contributed by atoms with Crippen molar-refractivity contribution in [3.05, 3.63) is 24.3 Å². The number of amides is 2. The molecular weight excluding hydrogens is 268 g/mol. The van der Waals surface area contributed by atoms with E-state index in [4.69, 9.17) is 4.74 Å². The first kappa shape index (κ1) is 15.5. The molecule has 5 heteroatoms. The second-order valence-electron chi connectivity index (χ2n) is 5.49. The summed E-state index contributed by atoms with van der Waals surface area (Å²) in [5, 5.41) is 3.12. The van der Waals surface area contributed by atoms with Crippen LogP contribution in [0.5, 0.6) is 5.75 Å². The van der Waals surface area contributed by atoms with Crippen LogP contribution >= 0.6 is 0 Å². The first-order valence-electron chi connectivity index (χ1n) is 7.38. The van der Waals surface area contributed by atoms with Gasteiger partial charge in [-0.15, -0.1) is 0 Å². The Kier molecular flexibility index (Phi) is 4.96. The maximum absolute atomic E-state index is 12.3. The molecule has 2 amide bonds. The zero-order valence-corrected chi connectivity index (χ0v) is 12.8. The number of carbonyl (C=O) groups excluding carboxylic acids is 2. The van der Waals surface area contributed by atoms with E-state index in [9.17, 15) is 9.59 Å². The van der Waals surface area contributed by atoms with E-state index in [-0.39, 0.29) is 24.3 Å². The molecule has 0 bridgehead atoms. The summed E-state index contributed by atoms with van der Waals surface area (Å²) >= 11 is 0. The van der Waals surface area contributed by atoms with Gasteiger partial charge in [0, 0.05) is 6.04 Å². The summed E-state index contributed by atoms with van der Waals surface area (Å²) in [5.41, 5.74) is 0.599. The summed E-state index contributed by atoms with van der Waals surface area (Å²) < 4.78 is 5.50. The second-order valence-corrected chi connectivity index (χ2v) is 5.49. The lowest BCUT2D eigenvalue weighted by Crippen LogP contribution is -2.41. The molecule has 1 aliphatic heterocycles. The van der Waals surface area contributed by atoms with Gasteiger partial charge in [0.05, 0.1) is 24.8 Å². The Morgan fingerprint density at radius 3 is 2.52 bits per heavy atom. The lowest BCUT2D eigenvalue weighted by Gasteiger charge is -2.17. The summed E-state index contributed by atoms with van der Waals surface area (Å²) in [6.07, 6.45) is 1.15. The molecule has 1 saturated heterocycles. The van der Waals surface area contributed by atoms with Gasteiger partial charge in [-0.05, 0) is 30.7 Å². The molecule has 5 nitrogen and oxygen atoms in total. The molecule has 1 aromatic carbocycles. The van der Waals surface area contributed by atoms with Crippen LogP contribution < -0.4 is 15.0 Å². The van der Waals surface area contributed by atoms with Gasteiger partial charge in [-0.3, -0.25) is 9.59 Å². The van der Waals surface area contributed by atoms with Crippen molar-refractivity contribution in [3.63, 3.8) is 0 Å². The van der Waals surface area contributed by atoms with Gasteiger partial charge >= 0.3 is 0 Å². The summed E-state index contributed by atoms with van der Waals surface area (Å²) in [6, 6.07) is 6.81. The fourth-order valence-electron chi connectivity index (χ4n) is 2.35. The fourth-order valence-corrected chi connectivity index (χ4v) is 2.35. The van der Waals surface area contributed by atoms with Crippen LogP contribution in [0.15, 0.2) is 24.3 Å². The molecule has 1 N–H and O–H groups in total.